The van der Waals surface area contributed by atoms with Gasteiger partial charge in [-0.1, -0.05) is 66.7 Å². The summed E-state index contributed by atoms with van der Waals surface area (Å²) in [7, 11) is 0. The van der Waals surface area contributed by atoms with Crippen LogP contribution in [-0.2, 0) is 30.3 Å². The van der Waals surface area contributed by atoms with E-state index in [0.717, 1.165) is 0 Å². The minimum absolute atomic E-state index is 0.149. The number of aliphatic hydroxyl groups excluding tert-OH is 1. The van der Waals surface area contributed by atoms with Crippen LogP contribution in [-0.4, -0.2) is 80.6 Å². The van der Waals surface area contributed by atoms with Crippen LogP contribution in [0.15, 0.2) is 103 Å². The summed E-state index contributed by atoms with van der Waals surface area (Å²) in [6.45, 7) is 5.32. The molecule has 2 aliphatic rings. The first-order chi connectivity index (χ1) is 23.5. The van der Waals surface area contributed by atoms with Gasteiger partial charge in [0.1, 0.15) is 16.3 Å². The lowest BCUT2D eigenvalue weighted by molar-refractivity contribution is -0.205. The summed E-state index contributed by atoms with van der Waals surface area (Å²) in [5, 5.41) is 10.1. The lowest BCUT2D eigenvalue weighted by Gasteiger charge is -2.47. The van der Waals surface area contributed by atoms with Crippen molar-refractivity contribution in [3.63, 3.8) is 0 Å². The predicted octanol–water partition coefficient (Wildman–Crippen LogP) is 5.11. The number of carbonyl (C=O) groups excluding carboxylic acids is 3. The molecular formula is C37H41NO9S2. The van der Waals surface area contributed by atoms with Gasteiger partial charge in [0.05, 0.1) is 29.3 Å². The van der Waals surface area contributed by atoms with Crippen LogP contribution in [0, 0.1) is 5.92 Å². The van der Waals surface area contributed by atoms with E-state index in [-0.39, 0.29) is 35.6 Å². The maximum absolute atomic E-state index is 13.7. The van der Waals surface area contributed by atoms with Crippen LogP contribution >= 0.6 is 11.8 Å². The zero-order valence-corrected chi connectivity index (χ0v) is 29.1. The summed E-state index contributed by atoms with van der Waals surface area (Å²) in [6.07, 6.45) is -0.933. The van der Waals surface area contributed by atoms with E-state index in [1.54, 1.807) is 91.0 Å². The largest absolute Gasteiger partial charge is 0.598 e. The number of fused-ring (bicyclic) bond motifs is 2. The van der Waals surface area contributed by atoms with Crippen LogP contribution in [0.5, 0.6) is 0 Å². The van der Waals surface area contributed by atoms with Gasteiger partial charge < -0.3 is 28.6 Å². The Morgan fingerprint density at radius 3 is 1.76 bits per heavy atom. The van der Waals surface area contributed by atoms with E-state index < -0.39 is 69.9 Å². The summed E-state index contributed by atoms with van der Waals surface area (Å²) < 4.78 is 41.3. The Bertz CT molecular complexity index is 1570. The highest BCUT2D eigenvalue weighted by Gasteiger charge is 2.55. The smallest absolute Gasteiger partial charge is 0.338 e. The molecule has 8 atom stereocenters. The van der Waals surface area contributed by atoms with Crippen molar-refractivity contribution in [3.05, 3.63) is 120 Å². The van der Waals surface area contributed by atoms with Gasteiger partial charge in [0, 0.05) is 23.0 Å². The second kappa shape index (κ2) is 16.8. The molecule has 5 rings (SSSR count). The molecule has 49 heavy (non-hydrogen) atoms. The maximum Gasteiger partial charge on any atom is 0.338 e. The molecule has 0 aliphatic carbocycles. The minimum atomic E-state index is -1.59. The summed E-state index contributed by atoms with van der Waals surface area (Å²) in [6, 6.07) is 24.3. The average Bonchev–Trinajstić information content (AvgIpc) is 3.11. The van der Waals surface area contributed by atoms with Gasteiger partial charge in [0.2, 0.25) is 0 Å². The van der Waals surface area contributed by atoms with Crippen LogP contribution in [0.1, 0.15) is 58.3 Å². The van der Waals surface area contributed by atoms with E-state index in [9.17, 15) is 24.0 Å². The highest BCUT2D eigenvalue weighted by molar-refractivity contribution is 7.99. The third-order valence-electron chi connectivity index (χ3n) is 8.01. The molecular weight excluding hydrogens is 667 g/mol. The number of nitrogens with one attached hydrogen (secondary N) is 1. The summed E-state index contributed by atoms with van der Waals surface area (Å²) in [5.74, 6) is -2.02. The average molecular weight is 708 g/mol. The maximum atomic E-state index is 13.7. The molecule has 10 nitrogen and oxygen atoms in total. The molecule has 2 heterocycles. The second-order valence-electron chi connectivity index (χ2n) is 12.7. The molecule has 0 radical (unpaired) electrons. The van der Waals surface area contributed by atoms with Crippen LogP contribution in [0.3, 0.4) is 0 Å². The first kappa shape index (κ1) is 36.6. The first-order valence-corrected chi connectivity index (χ1v) is 18.3. The van der Waals surface area contributed by atoms with E-state index >= 15 is 0 Å². The van der Waals surface area contributed by atoms with Crippen molar-refractivity contribution in [3.8, 4) is 0 Å². The molecule has 260 valence electrons. The number of carbonyl (C=O) groups is 3. The van der Waals surface area contributed by atoms with Gasteiger partial charge in [0.25, 0.3) is 0 Å². The molecule has 0 saturated carbocycles. The van der Waals surface area contributed by atoms with Gasteiger partial charge >= 0.3 is 17.9 Å². The van der Waals surface area contributed by atoms with Crippen LogP contribution in [0.4, 0.5) is 0 Å². The van der Waals surface area contributed by atoms with Gasteiger partial charge in [-0.2, -0.15) is 0 Å². The Balaban J connectivity index is 1.63. The van der Waals surface area contributed by atoms with Crippen LogP contribution in [0.25, 0.3) is 0 Å². The molecule has 7 unspecified atom stereocenters. The number of aliphatic hydroxyl groups is 1. The highest BCUT2D eigenvalue weighted by atomic mass is 32.2. The Morgan fingerprint density at radius 2 is 1.29 bits per heavy atom. The predicted molar refractivity (Wildman–Crippen MR) is 187 cm³/mol. The molecule has 0 spiro atoms. The van der Waals surface area contributed by atoms with Crippen molar-refractivity contribution in [2.24, 2.45) is 5.92 Å². The molecule has 2 N–H and O–H groups in total. The molecule has 1 fully saturated rings. The Morgan fingerprint density at radius 1 is 0.816 bits per heavy atom. The molecule has 1 saturated heterocycles. The van der Waals surface area contributed by atoms with Crippen molar-refractivity contribution in [2.45, 2.75) is 67.8 Å². The number of hydrogen-bond donors (Lipinski definition) is 2. The van der Waals surface area contributed by atoms with Gasteiger partial charge in [-0.3, -0.25) is 0 Å². The Hall–Kier alpha value is -3.65. The normalized spacial score (nSPS) is 26.8. The molecule has 2 aliphatic heterocycles. The monoisotopic (exact) mass is 707 g/mol. The summed E-state index contributed by atoms with van der Waals surface area (Å²) in [5.41, 5.74) is -0.190. The number of thioether (sulfide) groups is 1. The van der Waals surface area contributed by atoms with Crippen molar-refractivity contribution < 1.29 is 43.0 Å². The number of esters is 3. The lowest BCUT2D eigenvalue weighted by atomic mass is 9.92. The summed E-state index contributed by atoms with van der Waals surface area (Å²) >= 11 is -0.313. The number of hydrogen-bond acceptors (Lipinski definition) is 11. The highest BCUT2D eigenvalue weighted by Crippen LogP contribution is 2.38. The molecule has 12 heteroatoms. The van der Waals surface area contributed by atoms with E-state index in [0.29, 0.717) is 5.75 Å². The van der Waals surface area contributed by atoms with Crippen molar-refractivity contribution >= 4 is 41.0 Å². The molecule has 0 amide bonds. The number of ether oxygens (including phenoxy) is 4. The van der Waals surface area contributed by atoms with Crippen LogP contribution in [0.2, 0.25) is 0 Å². The Labute approximate surface area is 293 Å². The third-order valence-corrected chi connectivity index (χ3v) is 11.0. The zero-order valence-electron chi connectivity index (χ0n) is 27.5. The standard InChI is InChI=1S/C37H41NO9S2/c1-37(2,3)49(43)38-28-21-13-14-24(22-39)23-48-36-32(46-35(42)27-19-11-6-12-20-27)31(45-34(41)26-17-9-5-10-18-26)30(29(28)47-36)44-33(40)25-15-7-4-8-16-25/h4-20,24,28-32,36,38-39H,21-23H2,1-3H3/b14-13+/t24?,28-,29?,30?,31?,32?,36?,49?/m1/s1. The van der Waals surface area contributed by atoms with Crippen molar-refractivity contribution in [1.29, 1.82) is 0 Å². The fourth-order valence-corrected chi connectivity index (χ4v) is 7.47. The molecule has 3 aromatic rings. The van der Waals surface area contributed by atoms with Crippen molar-refractivity contribution in [1.82, 2.24) is 4.72 Å². The zero-order chi connectivity index (χ0) is 35.0. The lowest BCUT2D eigenvalue weighted by Crippen LogP contribution is -2.66. The van der Waals surface area contributed by atoms with E-state index in [1.807, 2.05) is 32.9 Å². The second-order valence-corrected chi connectivity index (χ2v) is 15.9. The SMILES string of the molecule is CC(C)(C)[S+]([O-])N[C@@H]1C/C=C/C(CO)CSC2OC1C(OC(=O)c1ccccc1)C(OC(=O)c1ccccc1)C2OC(=O)c1ccccc1. The van der Waals surface area contributed by atoms with Gasteiger partial charge in [-0.05, 0) is 63.6 Å². The minimum Gasteiger partial charge on any atom is -0.598 e. The first-order valence-electron chi connectivity index (χ1n) is 16.1. The topological polar surface area (TPSA) is 143 Å². The number of rotatable bonds is 9. The molecule has 0 aromatic heterocycles. The fraction of sp³-hybridized carbons (Fsp3) is 0.378. The van der Waals surface area contributed by atoms with E-state index in [4.69, 9.17) is 18.9 Å². The van der Waals surface area contributed by atoms with Crippen LogP contribution < -0.4 is 4.72 Å². The van der Waals surface area contributed by atoms with Gasteiger partial charge in [-0.15, -0.1) is 16.5 Å². The third kappa shape index (κ3) is 9.53. The Kier molecular flexibility index (Phi) is 12.6. The number of benzene rings is 3. The van der Waals surface area contributed by atoms with E-state index in [2.05, 4.69) is 4.72 Å². The molecule has 3 aromatic carbocycles. The fourth-order valence-electron chi connectivity index (χ4n) is 5.35. The summed E-state index contributed by atoms with van der Waals surface area (Å²) in [4.78, 5) is 41.1. The quantitative estimate of drug-likeness (QED) is 0.133. The molecule has 2 bridgehead atoms. The van der Waals surface area contributed by atoms with Gasteiger partial charge in [0.15, 0.2) is 18.3 Å². The van der Waals surface area contributed by atoms with Crippen molar-refractivity contribution in [2.75, 3.05) is 12.4 Å². The van der Waals surface area contributed by atoms with Gasteiger partial charge in [-0.25, -0.2) is 14.4 Å². The van der Waals surface area contributed by atoms with E-state index in [1.165, 1.54) is 11.8 Å².